The van der Waals surface area contributed by atoms with Crippen LogP contribution in [0.1, 0.15) is 24.8 Å². The molecule has 6 heteroatoms. The van der Waals surface area contributed by atoms with Crippen LogP contribution in [0, 0.1) is 17.6 Å². The first-order valence-corrected chi connectivity index (χ1v) is 7.04. The van der Waals surface area contributed by atoms with Crippen LogP contribution in [0.3, 0.4) is 0 Å². The molecule has 0 radical (unpaired) electrons. The SMILES string of the molecule is CC1CNCCN1C(=O)C1CC1c1cc(F)ccc1F.Cl. The third-order valence-electron chi connectivity index (χ3n) is 4.25. The summed E-state index contributed by atoms with van der Waals surface area (Å²) in [5, 5.41) is 3.23. The Morgan fingerprint density at radius 1 is 1.38 bits per heavy atom. The molecule has 3 rings (SSSR count). The van der Waals surface area contributed by atoms with Crippen LogP contribution >= 0.6 is 12.4 Å². The summed E-state index contributed by atoms with van der Waals surface area (Å²) < 4.78 is 26.9. The number of benzene rings is 1. The maximum absolute atomic E-state index is 13.7. The van der Waals surface area contributed by atoms with Gasteiger partial charge in [-0.3, -0.25) is 4.79 Å². The minimum Gasteiger partial charge on any atom is -0.337 e. The van der Waals surface area contributed by atoms with Gasteiger partial charge >= 0.3 is 0 Å². The van der Waals surface area contributed by atoms with Gasteiger partial charge in [-0.1, -0.05) is 0 Å². The van der Waals surface area contributed by atoms with Crippen molar-refractivity contribution in [3.05, 3.63) is 35.4 Å². The molecular weight excluding hydrogens is 298 g/mol. The quantitative estimate of drug-likeness (QED) is 0.908. The van der Waals surface area contributed by atoms with Gasteiger partial charge < -0.3 is 10.2 Å². The van der Waals surface area contributed by atoms with Crippen molar-refractivity contribution in [2.45, 2.75) is 25.3 Å². The van der Waals surface area contributed by atoms with Crippen molar-refractivity contribution in [2.75, 3.05) is 19.6 Å². The molecule has 2 fully saturated rings. The number of amides is 1. The standard InChI is InChI=1S/C15H18F2N2O.ClH/c1-9-8-18-4-5-19(9)15(20)13-7-11(13)12-6-10(16)2-3-14(12)17;/h2-3,6,9,11,13,18H,4-5,7-8H2,1H3;1H. The van der Waals surface area contributed by atoms with E-state index in [2.05, 4.69) is 5.32 Å². The summed E-state index contributed by atoms with van der Waals surface area (Å²) in [6.07, 6.45) is 0.621. The van der Waals surface area contributed by atoms with Crippen molar-refractivity contribution >= 4 is 18.3 Å². The third kappa shape index (κ3) is 3.19. The van der Waals surface area contributed by atoms with Gasteiger partial charge in [0.25, 0.3) is 0 Å². The van der Waals surface area contributed by atoms with Crippen molar-refractivity contribution in [1.82, 2.24) is 10.2 Å². The second-order valence-corrected chi connectivity index (χ2v) is 5.70. The first kappa shape index (κ1) is 16.2. The molecule has 1 aromatic carbocycles. The molecule has 3 nitrogen and oxygen atoms in total. The molecule has 1 heterocycles. The molecule has 1 saturated heterocycles. The van der Waals surface area contributed by atoms with Gasteiger partial charge in [-0.05, 0) is 43.0 Å². The molecule has 1 saturated carbocycles. The smallest absolute Gasteiger partial charge is 0.226 e. The lowest BCUT2D eigenvalue weighted by molar-refractivity contribution is -0.135. The normalized spacial score (nSPS) is 28.0. The van der Waals surface area contributed by atoms with E-state index in [1.807, 2.05) is 11.8 Å². The summed E-state index contributed by atoms with van der Waals surface area (Å²) in [4.78, 5) is 14.3. The van der Waals surface area contributed by atoms with Crippen molar-refractivity contribution in [1.29, 1.82) is 0 Å². The van der Waals surface area contributed by atoms with Gasteiger partial charge in [0.05, 0.1) is 0 Å². The Morgan fingerprint density at radius 3 is 2.86 bits per heavy atom. The number of carbonyl (C=O) groups is 1. The predicted octanol–water partition coefficient (Wildman–Crippen LogP) is 2.31. The zero-order valence-corrected chi connectivity index (χ0v) is 12.6. The van der Waals surface area contributed by atoms with Crippen LogP contribution in [0.15, 0.2) is 18.2 Å². The first-order valence-electron chi connectivity index (χ1n) is 7.04. The molecule has 2 aliphatic rings. The lowest BCUT2D eigenvalue weighted by atomic mass is 10.1. The fraction of sp³-hybridized carbons (Fsp3) is 0.533. The lowest BCUT2D eigenvalue weighted by Gasteiger charge is -2.34. The van der Waals surface area contributed by atoms with Gasteiger partial charge in [0.2, 0.25) is 5.91 Å². The van der Waals surface area contributed by atoms with Gasteiger partial charge in [-0.25, -0.2) is 8.78 Å². The maximum atomic E-state index is 13.7. The second-order valence-electron chi connectivity index (χ2n) is 5.70. The molecule has 0 spiro atoms. The van der Waals surface area contributed by atoms with Gasteiger partial charge in [0.1, 0.15) is 11.6 Å². The minimum absolute atomic E-state index is 0. The van der Waals surface area contributed by atoms with E-state index in [9.17, 15) is 13.6 Å². The van der Waals surface area contributed by atoms with E-state index in [-0.39, 0.29) is 36.2 Å². The highest BCUT2D eigenvalue weighted by atomic mass is 35.5. The molecule has 1 aromatic rings. The van der Waals surface area contributed by atoms with E-state index in [0.717, 1.165) is 25.2 Å². The lowest BCUT2D eigenvalue weighted by Crippen LogP contribution is -2.52. The van der Waals surface area contributed by atoms with Crippen molar-refractivity contribution in [2.24, 2.45) is 5.92 Å². The van der Waals surface area contributed by atoms with Crippen LogP contribution < -0.4 is 5.32 Å². The molecule has 1 amide bonds. The van der Waals surface area contributed by atoms with Crippen molar-refractivity contribution < 1.29 is 13.6 Å². The molecule has 21 heavy (non-hydrogen) atoms. The van der Waals surface area contributed by atoms with E-state index >= 15 is 0 Å². The highest BCUT2D eigenvalue weighted by Gasteiger charge is 2.47. The average molecular weight is 317 g/mol. The molecule has 3 unspecified atom stereocenters. The zero-order valence-electron chi connectivity index (χ0n) is 11.8. The van der Waals surface area contributed by atoms with Gasteiger partial charge in [-0.2, -0.15) is 0 Å². The highest BCUT2D eigenvalue weighted by molar-refractivity contribution is 5.85. The molecule has 116 valence electrons. The van der Waals surface area contributed by atoms with E-state index < -0.39 is 11.6 Å². The van der Waals surface area contributed by atoms with Crippen LogP contribution in [-0.4, -0.2) is 36.5 Å². The fourth-order valence-electron chi connectivity index (χ4n) is 2.99. The molecule has 0 aromatic heterocycles. The average Bonchev–Trinajstić information content (AvgIpc) is 3.21. The fourth-order valence-corrected chi connectivity index (χ4v) is 2.99. The Morgan fingerprint density at radius 2 is 2.14 bits per heavy atom. The van der Waals surface area contributed by atoms with Gasteiger partial charge in [-0.15, -0.1) is 12.4 Å². The predicted molar refractivity (Wildman–Crippen MR) is 78.5 cm³/mol. The van der Waals surface area contributed by atoms with Crippen LogP contribution in [0.25, 0.3) is 0 Å². The Kier molecular flexibility index (Phi) is 4.84. The van der Waals surface area contributed by atoms with Crippen LogP contribution in [-0.2, 0) is 4.79 Å². The first-order chi connectivity index (χ1) is 9.58. The van der Waals surface area contributed by atoms with Crippen LogP contribution in [0.2, 0.25) is 0 Å². The maximum Gasteiger partial charge on any atom is 0.226 e. The number of hydrogen-bond donors (Lipinski definition) is 1. The number of rotatable bonds is 2. The topological polar surface area (TPSA) is 32.3 Å². The number of piperazine rings is 1. The largest absolute Gasteiger partial charge is 0.337 e. The Balaban J connectivity index is 0.00000161. The van der Waals surface area contributed by atoms with E-state index in [4.69, 9.17) is 0 Å². The Hall–Kier alpha value is -1.20. The Bertz CT molecular complexity index is 540. The van der Waals surface area contributed by atoms with Gasteiger partial charge in [0, 0.05) is 31.6 Å². The molecule has 0 bridgehead atoms. The number of carbonyl (C=O) groups excluding carboxylic acids is 1. The van der Waals surface area contributed by atoms with Crippen LogP contribution in [0.4, 0.5) is 8.78 Å². The number of hydrogen-bond acceptors (Lipinski definition) is 2. The number of halogens is 3. The minimum atomic E-state index is -0.449. The second kappa shape index (κ2) is 6.28. The van der Waals surface area contributed by atoms with Crippen molar-refractivity contribution in [3.8, 4) is 0 Å². The summed E-state index contributed by atoms with van der Waals surface area (Å²) in [6, 6.07) is 3.62. The summed E-state index contributed by atoms with van der Waals surface area (Å²) >= 11 is 0. The summed E-state index contributed by atoms with van der Waals surface area (Å²) in [5.41, 5.74) is 0.339. The molecular formula is C15H19ClF2N2O. The van der Waals surface area contributed by atoms with Crippen molar-refractivity contribution in [3.63, 3.8) is 0 Å². The monoisotopic (exact) mass is 316 g/mol. The molecule has 1 N–H and O–H groups in total. The van der Waals surface area contributed by atoms with Gasteiger partial charge in [0.15, 0.2) is 0 Å². The summed E-state index contributed by atoms with van der Waals surface area (Å²) in [5.74, 6) is -1.14. The molecule has 3 atom stereocenters. The van der Waals surface area contributed by atoms with Crippen LogP contribution in [0.5, 0.6) is 0 Å². The van der Waals surface area contributed by atoms with E-state index in [1.165, 1.54) is 6.07 Å². The third-order valence-corrected chi connectivity index (χ3v) is 4.25. The zero-order chi connectivity index (χ0) is 14.3. The Labute approximate surface area is 129 Å². The summed E-state index contributed by atoms with van der Waals surface area (Å²) in [6.45, 7) is 4.28. The van der Waals surface area contributed by atoms with E-state index in [0.29, 0.717) is 18.5 Å². The number of nitrogens with one attached hydrogen (secondary N) is 1. The number of nitrogens with zero attached hydrogens (tertiary/aromatic N) is 1. The summed E-state index contributed by atoms with van der Waals surface area (Å²) in [7, 11) is 0. The van der Waals surface area contributed by atoms with E-state index in [1.54, 1.807) is 0 Å². The highest BCUT2D eigenvalue weighted by Crippen LogP contribution is 2.49. The molecule has 1 aliphatic heterocycles. The molecule has 1 aliphatic carbocycles.